The number of carbonyl (C=O) groups is 3. The van der Waals surface area contributed by atoms with Crippen molar-refractivity contribution in [2.75, 3.05) is 27.1 Å². The third-order valence-electron chi connectivity index (χ3n) is 6.65. The maximum atomic E-state index is 13.3. The monoisotopic (exact) mass is 608 g/mol. The average molecular weight is 609 g/mol. The number of ether oxygens (including phenoxy) is 7. The van der Waals surface area contributed by atoms with Gasteiger partial charge in [0.15, 0.2) is 23.2 Å². The van der Waals surface area contributed by atoms with Crippen molar-refractivity contribution in [2.45, 2.75) is 51.4 Å². The van der Waals surface area contributed by atoms with E-state index in [0.717, 1.165) is 11.1 Å². The lowest BCUT2D eigenvalue weighted by atomic mass is 10.1. The van der Waals surface area contributed by atoms with Crippen LogP contribution in [0.4, 0.5) is 0 Å². The topological polar surface area (TPSA) is 141 Å². The Balaban J connectivity index is 1.50. The number of carbonyl (C=O) groups excluding carboxylic acids is 3. The Labute approximate surface area is 255 Å². The summed E-state index contributed by atoms with van der Waals surface area (Å²) in [4.78, 5) is 41.9. The summed E-state index contributed by atoms with van der Waals surface area (Å²) in [5.74, 6) is -1.95. The van der Waals surface area contributed by atoms with Gasteiger partial charge < -0.3 is 38.5 Å². The van der Waals surface area contributed by atoms with E-state index in [4.69, 9.17) is 33.2 Å². The number of rotatable bonds is 12. The fourth-order valence-electron chi connectivity index (χ4n) is 4.42. The number of esters is 2. The molecule has 1 N–H and O–H groups in total. The van der Waals surface area contributed by atoms with E-state index in [1.807, 2.05) is 60.7 Å². The summed E-state index contributed by atoms with van der Waals surface area (Å²) in [6.45, 7) is 2.86. The molecular weight excluding hydrogens is 572 g/mol. The van der Waals surface area contributed by atoms with Crippen LogP contribution in [0.5, 0.6) is 11.5 Å². The predicted molar refractivity (Wildman–Crippen MR) is 156 cm³/mol. The van der Waals surface area contributed by atoms with Crippen LogP contribution in [-0.2, 0) is 46.5 Å². The number of nitrogens with one attached hydrogen (secondary N) is 1. The van der Waals surface area contributed by atoms with Crippen LogP contribution in [-0.4, -0.2) is 74.3 Å². The number of nitrogens with zero attached hydrogens (tertiary/aromatic N) is 1. The summed E-state index contributed by atoms with van der Waals surface area (Å²) >= 11 is 0. The zero-order valence-corrected chi connectivity index (χ0v) is 24.8. The van der Waals surface area contributed by atoms with Crippen LogP contribution >= 0.6 is 0 Å². The molecule has 1 amide bonds. The van der Waals surface area contributed by atoms with Crippen molar-refractivity contribution in [3.8, 4) is 11.5 Å². The second-order valence-electron chi connectivity index (χ2n) is 9.89. The normalized spacial score (nSPS) is 20.3. The number of pyridine rings is 1. The molecule has 0 aliphatic carbocycles. The van der Waals surface area contributed by atoms with Crippen LogP contribution in [0, 0.1) is 0 Å². The molecule has 0 saturated carbocycles. The molecule has 1 saturated heterocycles. The van der Waals surface area contributed by atoms with E-state index in [1.54, 1.807) is 6.92 Å². The van der Waals surface area contributed by atoms with Gasteiger partial charge in [-0.2, -0.15) is 0 Å². The van der Waals surface area contributed by atoms with Crippen molar-refractivity contribution in [3.63, 3.8) is 0 Å². The molecule has 4 unspecified atom stereocenters. The summed E-state index contributed by atoms with van der Waals surface area (Å²) in [6.07, 6.45) is -0.697. The number of amides is 1. The molecule has 12 nitrogen and oxygen atoms in total. The van der Waals surface area contributed by atoms with E-state index in [2.05, 4.69) is 10.3 Å². The molecule has 0 spiro atoms. The van der Waals surface area contributed by atoms with E-state index in [1.165, 1.54) is 26.3 Å². The zero-order valence-electron chi connectivity index (χ0n) is 24.8. The van der Waals surface area contributed by atoms with Crippen molar-refractivity contribution < 1.29 is 47.5 Å². The van der Waals surface area contributed by atoms with Gasteiger partial charge in [0.1, 0.15) is 18.3 Å². The summed E-state index contributed by atoms with van der Waals surface area (Å²) in [6, 6.07) is 19.5. The molecule has 3 aromatic rings. The zero-order chi connectivity index (χ0) is 31.3. The lowest BCUT2D eigenvalue weighted by Crippen LogP contribution is -2.47. The second kappa shape index (κ2) is 16.4. The molecule has 44 heavy (non-hydrogen) atoms. The second-order valence-corrected chi connectivity index (χ2v) is 9.89. The maximum absolute atomic E-state index is 13.3. The van der Waals surface area contributed by atoms with Crippen LogP contribution in [0.1, 0.15) is 35.5 Å². The lowest BCUT2D eigenvalue weighted by Gasteiger charge is -2.30. The van der Waals surface area contributed by atoms with Crippen molar-refractivity contribution in [1.29, 1.82) is 0 Å². The van der Waals surface area contributed by atoms with Crippen molar-refractivity contribution in [3.05, 3.63) is 89.7 Å². The molecular formula is C32H36N2O10. The van der Waals surface area contributed by atoms with E-state index >= 15 is 0 Å². The van der Waals surface area contributed by atoms with Crippen LogP contribution in [0.3, 0.4) is 0 Å². The van der Waals surface area contributed by atoms with Gasteiger partial charge in [-0.15, -0.1) is 0 Å². The van der Waals surface area contributed by atoms with Gasteiger partial charge in [0, 0.05) is 19.2 Å². The van der Waals surface area contributed by atoms with Crippen LogP contribution in [0.25, 0.3) is 0 Å². The van der Waals surface area contributed by atoms with Gasteiger partial charge in [0.2, 0.25) is 6.79 Å². The minimum Gasteiger partial charge on any atom is -0.493 e. The highest BCUT2D eigenvalue weighted by atomic mass is 16.7. The van der Waals surface area contributed by atoms with Gasteiger partial charge in [-0.25, -0.2) is 9.78 Å². The van der Waals surface area contributed by atoms with Crippen molar-refractivity contribution in [1.82, 2.24) is 10.3 Å². The number of methoxy groups -OCH3 is 1. The Bertz CT molecular complexity index is 1370. The molecule has 2 heterocycles. The van der Waals surface area contributed by atoms with Gasteiger partial charge in [-0.05, 0) is 18.1 Å². The standard InChI is InChI=1S/C32H36N2O10/c1-21-29(41-17-24-12-8-5-9-13-24)27(40-16-23-10-6-4-7-11-23)19-39-18-25(32(37)44-21)34-31(36)28-30(43-20-42-22(2)35)26(38-3)14-15-33-28/h4-15,21,25,27,29H,16-20H2,1-3H3,(H,34,36). The van der Waals surface area contributed by atoms with E-state index in [9.17, 15) is 14.4 Å². The molecule has 1 fully saturated rings. The fraction of sp³-hybridized carbons (Fsp3) is 0.375. The highest BCUT2D eigenvalue weighted by Crippen LogP contribution is 2.30. The Morgan fingerprint density at radius 3 is 2.25 bits per heavy atom. The largest absolute Gasteiger partial charge is 0.493 e. The fourth-order valence-corrected chi connectivity index (χ4v) is 4.42. The van der Waals surface area contributed by atoms with Crippen LogP contribution in [0.2, 0.25) is 0 Å². The molecule has 1 aliphatic heterocycles. The first-order valence-corrected chi connectivity index (χ1v) is 14.0. The first-order valence-electron chi connectivity index (χ1n) is 14.0. The number of aromatic nitrogens is 1. The van der Waals surface area contributed by atoms with Gasteiger partial charge in [-0.1, -0.05) is 60.7 Å². The predicted octanol–water partition coefficient (Wildman–Crippen LogP) is 3.22. The highest BCUT2D eigenvalue weighted by Gasteiger charge is 2.37. The van der Waals surface area contributed by atoms with Crippen LogP contribution in [0.15, 0.2) is 72.9 Å². The molecule has 1 aliphatic rings. The number of hydrogen-bond acceptors (Lipinski definition) is 11. The summed E-state index contributed by atoms with van der Waals surface area (Å²) in [7, 11) is 1.38. The first-order chi connectivity index (χ1) is 21.4. The molecule has 4 rings (SSSR count). The quantitative estimate of drug-likeness (QED) is 0.239. The van der Waals surface area contributed by atoms with Crippen LogP contribution < -0.4 is 14.8 Å². The average Bonchev–Trinajstić information content (AvgIpc) is 3.08. The molecule has 12 heteroatoms. The Hall–Kier alpha value is -4.52. The molecule has 1 aromatic heterocycles. The first kappa shape index (κ1) is 32.4. The van der Waals surface area contributed by atoms with E-state index in [0.29, 0.717) is 6.61 Å². The van der Waals surface area contributed by atoms with Gasteiger partial charge in [0.25, 0.3) is 5.91 Å². The third-order valence-corrected chi connectivity index (χ3v) is 6.65. The Morgan fingerprint density at radius 1 is 0.955 bits per heavy atom. The maximum Gasteiger partial charge on any atom is 0.331 e. The van der Waals surface area contributed by atoms with Gasteiger partial charge in [-0.3, -0.25) is 9.59 Å². The number of hydrogen-bond donors (Lipinski definition) is 1. The number of benzene rings is 2. The lowest BCUT2D eigenvalue weighted by molar-refractivity contribution is -0.170. The molecule has 0 bridgehead atoms. The summed E-state index contributed by atoms with van der Waals surface area (Å²) in [5, 5.41) is 2.61. The third kappa shape index (κ3) is 9.24. The molecule has 4 atom stereocenters. The minimum atomic E-state index is -1.19. The Morgan fingerprint density at radius 2 is 1.61 bits per heavy atom. The SMILES string of the molecule is COc1ccnc(C(=O)NC2COCC(OCc3ccccc3)C(OCc3ccccc3)C(C)OC2=O)c1OCOC(C)=O. The minimum absolute atomic E-state index is 0.0633. The van der Waals surface area contributed by atoms with Crippen molar-refractivity contribution in [2.24, 2.45) is 0 Å². The van der Waals surface area contributed by atoms with Gasteiger partial charge >= 0.3 is 11.9 Å². The number of cyclic esters (lactones) is 1. The van der Waals surface area contributed by atoms with Crippen molar-refractivity contribution >= 4 is 17.8 Å². The smallest absolute Gasteiger partial charge is 0.331 e. The molecule has 0 radical (unpaired) electrons. The Kier molecular flexibility index (Phi) is 12.0. The summed E-state index contributed by atoms with van der Waals surface area (Å²) in [5.41, 5.74) is 1.71. The molecule has 2 aromatic carbocycles. The molecule has 234 valence electrons. The summed E-state index contributed by atoms with van der Waals surface area (Å²) < 4.78 is 39.8. The van der Waals surface area contributed by atoms with E-state index in [-0.39, 0.29) is 37.0 Å². The van der Waals surface area contributed by atoms with Gasteiger partial charge in [0.05, 0.1) is 33.5 Å². The highest BCUT2D eigenvalue weighted by molar-refractivity contribution is 5.98. The van der Waals surface area contributed by atoms with E-state index < -0.39 is 49.0 Å².